The van der Waals surface area contributed by atoms with Crippen LogP contribution in [-0.4, -0.2) is 80.6 Å². The van der Waals surface area contributed by atoms with Gasteiger partial charge in [0.15, 0.2) is 9.84 Å². The molecule has 2 rings (SSSR count). The van der Waals surface area contributed by atoms with Crippen LogP contribution in [0.1, 0.15) is 20.3 Å². The topological polar surface area (TPSA) is 66.9 Å². The Morgan fingerprint density at radius 3 is 2.70 bits per heavy atom. The molecular formula is C13H24N2O4S. The molecule has 0 radical (unpaired) electrons. The van der Waals surface area contributed by atoms with E-state index in [4.69, 9.17) is 4.74 Å². The van der Waals surface area contributed by atoms with Crippen molar-refractivity contribution in [3.05, 3.63) is 0 Å². The molecule has 0 aliphatic carbocycles. The Morgan fingerprint density at radius 1 is 1.40 bits per heavy atom. The fourth-order valence-corrected chi connectivity index (χ4v) is 3.44. The number of hydrogen-bond donors (Lipinski definition) is 0. The third-order valence-electron chi connectivity index (χ3n) is 4.39. The summed E-state index contributed by atoms with van der Waals surface area (Å²) in [6, 6.07) is 0.0169. The average Bonchev–Trinajstić information content (AvgIpc) is 2.43. The summed E-state index contributed by atoms with van der Waals surface area (Å²) in [7, 11) is -3.35. The van der Waals surface area contributed by atoms with Crippen molar-refractivity contribution in [2.75, 3.05) is 39.0 Å². The molecule has 0 unspecified atom stereocenters. The molecule has 7 heteroatoms. The zero-order valence-electron chi connectivity index (χ0n) is 12.4. The minimum absolute atomic E-state index is 0.00756. The number of nitrogens with zero attached hydrogens (tertiary/aromatic N) is 2. The van der Waals surface area contributed by atoms with E-state index in [1.54, 1.807) is 4.90 Å². The average molecular weight is 304 g/mol. The second-order valence-corrected chi connectivity index (χ2v) is 8.03. The molecular weight excluding hydrogens is 280 g/mol. The summed E-state index contributed by atoms with van der Waals surface area (Å²) in [5, 5.41) is -0.967. The smallest absolute Gasteiger partial charge is 0.241 e. The number of piperidine rings is 1. The number of hydrogen-bond acceptors (Lipinski definition) is 5. The highest BCUT2D eigenvalue weighted by Crippen LogP contribution is 2.24. The van der Waals surface area contributed by atoms with Crippen molar-refractivity contribution in [2.24, 2.45) is 0 Å². The molecule has 0 aromatic carbocycles. The molecule has 0 aromatic heterocycles. The van der Waals surface area contributed by atoms with Crippen LogP contribution >= 0.6 is 0 Å². The number of ether oxygens (including phenoxy) is 1. The van der Waals surface area contributed by atoms with Crippen LogP contribution in [0, 0.1) is 0 Å². The fraction of sp³-hybridized carbons (Fsp3) is 0.923. The summed E-state index contributed by atoms with van der Waals surface area (Å²) in [5.74, 6) is -0.282. The Balaban J connectivity index is 2.11. The summed E-state index contributed by atoms with van der Waals surface area (Å²) in [6.45, 7) is 7.28. The second-order valence-electron chi connectivity index (χ2n) is 5.66. The van der Waals surface area contributed by atoms with Gasteiger partial charge in [0, 0.05) is 25.9 Å². The predicted octanol–water partition coefficient (Wildman–Crippen LogP) is -0.259. The van der Waals surface area contributed by atoms with Gasteiger partial charge in [-0.3, -0.25) is 4.79 Å². The van der Waals surface area contributed by atoms with Gasteiger partial charge < -0.3 is 14.5 Å². The van der Waals surface area contributed by atoms with Crippen molar-refractivity contribution in [1.29, 1.82) is 0 Å². The standard InChI is InChI=1S/C13H24N2O4S/c1-4-14-6-5-11-12(9-14)19-8-7-15(11)13(16)10(2)20(3,17)18/h10-12H,4-9H2,1-3H3/t10-,11-,12+/m1/s1. The van der Waals surface area contributed by atoms with Crippen molar-refractivity contribution in [3.8, 4) is 0 Å². The number of likely N-dealkylation sites (tertiary alicyclic amines) is 1. The minimum Gasteiger partial charge on any atom is -0.373 e. The van der Waals surface area contributed by atoms with Gasteiger partial charge in [0.25, 0.3) is 0 Å². The molecule has 0 N–H and O–H groups in total. The lowest BCUT2D eigenvalue weighted by Gasteiger charge is -2.47. The van der Waals surface area contributed by atoms with Gasteiger partial charge in [0.2, 0.25) is 5.91 Å². The van der Waals surface area contributed by atoms with Crippen molar-refractivity contribution in [3.63, 3.8) is 0 Å². The maximum Gasteiger partial charge on any atom is 0.241 e. The number of rotatable bonds is 3. The molecule has 0 saturated carbocycles. The summed E-state index contributed by atoms with van der Waals surface area (Å²) >= 11 is 0. The van der Waals surface area contributed by atoms with Crippen molar-refractivity contribution in [1.82, 2.24) is 9.80 Å². The number of carbonyl (C=O) groups excluding carboxylic acids is 1. The van der Waals surface area contributed by atoms with Crippen LogP contribution in [0.25, 0.3) is 0 Å². The van der Waals surface area contributed by atoms with E-state index in [1.165, 1.54) is 6.92 Å². The lowest BCUT2D eigenvalue weighted by Crippen LogP contribution is -2.62. The van der Waals surface area contributed by atoms with Crippen LogP contribution in [0.15, 0.2) is 0 Å². The maximum absolute atomic E-state index is 12.4. The van der Waals surface area contributed by atoms with Gasteiger partial charge in [0.1, 0.15) is 5.25 Å². The van der Waals surface area contributed by atoms with Crippen molar-refractivity contribution >= 4 is 15.7 Å². The Morgan fingerprint density at radius 2 is 2.10 bits per heavy atom. The zero-order valence-corrected chi connectivity index (χ0v) is 13.2. The number of fused-ring (bicyclic) bond motifs is 1. The fourth-order valence-electron chi connectivity index (χ4n) is 2.93. The molecule has 2 fully saturated rings. The molecule has 20 heavy (non-hydrogen) atoms. The molecule has 1 amide bonds. The van der Waals surface area contributed by atoms with Gasteiger partial charge in [-0.25, -0.2) is 8.42 Å². The van der Waals surface area contributed by atoms with Gasteiger partial charge in [-0.1, -0.05) is 6.92 Å². The van der Waals surface area contributed by atoms with E-state index < -0.39 is 15.1 Å². The van der Waals surface area contributed by atoms with Gasteiger partial charge in [-0.15, -0.1) is 0 Å². The number of sulfone groups is 1. The first-order chi connectivity index (χ1) is 9.34. The highest BCUT2D eigenvalue weighted by Gasteiger charge is 2.41. The third-order valence-corrected chi connectivity index (χ3v) is 5.88. The highest BCUT2D eigenvalue weighted by molar-refractivity contribution is 7.92. The molecule has 0 spiro atoms. The first kappa shape index (κ1) is 15.7. The lowest BCUT2D eigenvalue weighted by atomic mass is 9.98. The van der Waals surface area contributed by atoms with Crippen LogP contribution in [0.3, 0.4) is 0 Å². The van der Waals surface area contributed by atoms with E-state index in [2.05, 4.69) is 11.8 Å². The number of carbonyl (C=O) groups is 1. The van der Waals surface area contributed by atoms with Gasteiger partial charge in [0.05, 0.1) is 18.8 Å². The van der Waals surface area contributed by atoms with Crippen molar-refractivity contribution in [2.45, 2.75) is 37.7 Å². The van der Waals surface area contributed by atoms with Crippen LogP contribution in [0.5, 0.6) is 0 Å². The molecule has 2 aliphatic heterocycles. The highest BCUT2D eigenvalue weighted by atomic mass is 32.2. The first-order valence-electron chi connectivity index (χ1n) is 7.18. The molecule has 2 heterocycles. The molecule has 2 aliphatic rings. The van der Waals surface area contributed by atoms with E-state index in [0.717, 1.165) is 32.3 Å². The van der Waals surface area contributed by atoms with Crippen molar-refractivity contribution < 1.29 is 17.9 Å². The lowest BCUT2D eigenvalue weighted by molar-refractivity contribution is -0.151. The van der Waals surface area contributed by atoms with Crippen LogP contribution in [0.4, 0.5) is 0 Å². The number of morpholine rings is 1. The Bertz CT molecular complexity index is 465. The van der Waals surface area contributed by atoms with Gasteiger partial charge in [-0.2, -0.15) is 0 Å². The van der Waals surface area contributed by atoms with Crippen LogP contribution in [0.2, 0.25) is 0 Å². The number of amides is 1. The predicted molar refractivity (Wildman–Crippen MR) is 76.3 cm³/mol. The van der Waals surface area contributed by atoms with E-state index >= 15 is 0 Å². The van der Waals surface area contributed by atoms with E-state index in [1.807, 2.05) is 0 Å². The Labute approximate surface area is 121 Å². The Hall–Kier alpha value is -0.660. The first-order valence-corrected chi connectivity index (χ1v) is 9.13. The third kappa shape index (κ3) is 3.15. The van der Waals surface area contributed by atoms with E-state index in [-0.39, 0.29) is 18.1 Å². The monoisotopic (exact) mass is 304 g/mol. The van der Waals surface area contributed by atoms with Crippen LogP contribution < -0.4 is 0 Å². The van der Waals surface area contributed by atoms with E-state index in [0.29, 0.717) is 13.2 Å². The van der Waals surface area contributed by atoms with Gasteiger partial charge in [-0.05, 0) is 19.9 Å². The molecule has 3 atom stereocenters. The number of likely N-dealkylation sites (N-methyl/N-ethyl adjacent to an activating group) is 1. The summed E-state index contributed by atoms with van der Waals surface area (Å²) in [5.41, 5.74) is 0. The molecule has 0 bridgehead atoms. The molecule has 116 valence electrons. The van der Waals surface area contributed by atoms with E-state index in [9.17, 15) is 13.2 Å². The largest absolute Gasteiger partial charge is 0.373 e. The molecule has 6 nitrogen and oxygen atoms in total. The second kappa shape index (κ2) is 5.99. The van der Waals surface area contributed by atoms with Crippen LogP contribution in [-0.2, 0) is 19.4 Å². The zero-order chi connectivity index (χ0) is 14.9. The Kier molecular flexibility index (Phi) is 4.71. The summed E-state index contributed by atoms with van der Waals surface area (Å²) < 4.78 is 28.9. The SMILES string of the molecule is CCN1CC[C@@H]2[C@H](C1)OCCN2C(=O)[C@@H](C)S(C)(=O)=O. The van der Waals surface area contributed by atoms with Gasteiger partial charge >= 0.3 is 0 Å². The molecule has 2 saturated heterocycles. The summed E-state index contributed by atoms with van der Waals surface area (Å²) in [6.07, 6.45) is 1.97. The minimum atomic E-state index is -3.35. The summed E-state index contributed by atoms with van der Waals surface area (Å²) in [4.78, 5) is 16.5. The maximum atomic E-state index is 12.4. The normalized spacial score (nSPS) is 29.9. The molecule has 0 aromatic rings. The quantitative estimate of drug-likeness (QED) is 0.719.